The van der Waals surface area contributed by atoms with Gasteiger partial charge in [0.25, 0.3) is 0 Å². The number of ketones is 1. The zero-order chi connectivity index (χ0) is 26.4. The number of allylic oxidation sites excluding steroid dienone is 1. The second kappa shape index (κ2) is 11.2. The standard InChI is InChI=1S/C31H30N2O4/c1-22-11-17-26(18-12-22)28(34)29-32-27(25-9-5-4-6-10-25)20-33(29)19-7-8-23-13-15-24(16-14-23)21-37-31(2,3)30(35)36/h4-18,20H,19,21H2,1-3H3,(H,35,36). The summed E-state index contributed by atoms with van der Waals surface area (Å²) in [5.41, 5.74) is 4.03. The van der Waals surface area contributed by atoms with Gasteiger partial charge in [-0.3, -0.25) is 4.79 Å². The lowest BCUT2D eigenvalue weighted by molar-refractivity contribution is -0.162. The molecule has 3 aromatic carbocycles. The zero-order valence-electron chi connectivity index (χ0n) is 21.2. The highest BCUT2D eigenvalue weighted by Crippen LogP contribution is 2.21. The van der Waals surface area contributed by atoms with Gasteiger partial charge in [-0.05, 0) is 31.9 Å². The number of nitrogens with zero attached hydrogens (tertiary/aromatic N) is 2. The average molecular weight is 495 g/mol. The van der Waals surface area contributed by atoms with E-state index in [0.717, 1.165) is 27.9 Å². The van der Waals surface area contributed by atoms with Gasteiger partial charge in [0, 0.05) is 23.9 Å². The molecule has 188 valence electrons. The van der Waals surface area contributed by atoms with E-state index in [9.17, 15) is 14.7 Å². The van der Waals surface area contributed by atoms with Gasteiger partial charge < -0.3 is 14.4 Å². The molecule has 1 N–H and O–H groups in total. The molecule has 0 saturated heterocycles. The van der Waals surface area contributed by atoms with E-state index in [1.165, 1.54) is 13.8 Å². The summed E-state index contributed by atoms with van der Waals surface area (Å²) in [4.78, 5) is 29.2. The fraction of sp³-hybridized carbons (Fsp3) is 0.194. The minimum Gasteiger partial charge on any atom is -0.479 e. The van der Waals surface area contributed by atoms with Crippen LogP contribution in [0.2, 0.25) is 0 Å². The summed E-state index contributed by atoms with van der Waals surface area (Å²) < 4.78 is 7.39. The van der Waals surface area contributed by atoms with Crippen LogP contribution in [0, 0.1) is 6.92 Å². The molecular weight excluding hydrogens is 464 g/mol. The molecule has 0 aliphatic heterocycles. The Morgan fingerprint density at radius 2 is 1.65 bits per heavy atom. The van der Waals surface area contributed by atoms with Crippen LogP contribution in [0.5, 0.6) is 0 Å². The molecule has 0 unspecified atom stereocenters. The molecule has 0 amide bonds. The Kier molecular flexibility index (Phi) is 7.80. The molecule has 6 heteroatoms. The molecule has 6 nitrogen and oxygen atoms in total. The van der Waals surface area contributed by atoms with E-state index in [-0.39, 0.29) is 12.4 Å². The highest BCUT2D eigenvalue weighted by atomic mass is 16.5. The van der Waals surface area contributed by atoms with E-state index in [4.69, 9.17) is 9.72 Å². The van der Waals surface area contributed by atoms with E-state index in [2.05, 4.69) is 0 Å². The summed E-state index contributed by atoms with van der Waals surface area (Å²) in [6, 6.07) is 25.0. The predicted octanol–water partition coefficient (Wildman–Crippen LogP) is 6.18. The second-order valence-corrected chi connectivity index (χ2v) is 9.41. The number of carboxylic acids is 1. The maximum Gasteiger partial charge on any atom is 0.335 e. The quantitative estimate of drug-likeness (QED) is 0.266. The van der Waals surface area contributed by atoms with Crippen molar-refractivity contribution in [1.29, 1.82) is 0 Å². The molecular formula is C31H30N2O4. The molecule has 1 heterocycles. The molecule has 0 saturated carbocycles. The Balaban J connectivity index is 1.51. The SMILES string of the molecule is Cc1ccc(C(=O)c2nc(-c3ccccc3)cn2CC=Cc2ccc(COC(C)(C)C(=O)O)cc2)cc1. The summed E-state index contributed by atoms with van der Waals surface area (Å²) in [5, 5.41) is 9.19. The third-order valence-corrected chi connectivity index (χ3v) is 6.07. The molecule has 0 spiro atoms. The number of carbonyl (C=O) groups is 2. The first kappa shape index (κ1) is 25.8. The molecule has 4 aromatic rings. The van der Waals surface area contributed by atoms with Crippen molar-refractivity contribution in [1.82, 2.24) is 9.55 Å². The number of ether oxygens (including phenoxy) is 1. The largest absolute Gasteiger partial charge is 0.479 e. The van der Waals surface area contributed by atoms with Crippen molar-refractivity contribution in [2.24, 2.45) is 0 Å². The van der Waals surface area contributed by atoms with Crippen molar-refractivity contribution in [3.05, 3.63) is 119 Å². The fourth-order valence-electron chi connectivity index (χ4n) is 3.67. The first-order chi connectivity index (χ1) is 17.7. The Hall–Kier alpha value is -4.29. The van der Waals surface area contributed by atoms with Crippen molar-refractivity contribution in [3.63, 3.8) is 0 Å². The van der Waals surface area contributed by atoms with Crippen LogP contribution >= 0.6 is 0 Å². The van der Waals surface area contributed by atoms with Gasteiger partial charge in [-0.2, -0.15) is 0 Å². The van der Waals surface area contributed by atoms with Crippen LogP contribution in [0.1, 0.15) is 46.7 Å². The minimum absolute atomic E-state index is 0.121. The molecule has 4 rings (SSSR count). The third kappa shape index (κ3) is 6.48. The zero-order valence-corrected chi connectivity index (χ0v) is 21.2. The lowest BCUT2D eigenvalue weighted by Gasteiger charge is -2.20. The van der Waals surface area contributed by atoms with Gasteiger partial charge in [-0.15, -0.1) is 0 Å². The van der Waals surface area contributed by atoms with E-state index < -0.39 is 11.6 Å². The van der Waals surface area contributed by atoms with Gasteiger partial charge in [0.1, 0.15) is 0 Å². The number of hydrogen-bond donors (Lipinski definition) is 1. The molecule has 0 fully saturated rings. The highest BCUT2D eigenvalue weighted by molar-refractivity contribution is 6.07. The van der Waals surface area contributed by atoms with Crippen molar-refractivity contribution < 1.29 is 19.4 Å². The number of carbonyl (C=O) groups excluding carboxylic acids is 1. The van der Waals surface area contributed by atoms with Crippen LogP contribution in [0.4, 0.5) is 0 Å². The van der Waals surface area contributed by atoms with Crippen LogP contribution < -0.4 is 0 Å². The van der Waals surface area contributed by atoms with E-state index in [0.29, 0.717) is 17.9 Å². The lowest BCUT2D eigenvalue weighted by Crippen LogP contribution is -2.34. The third-order valence-electron chi connectivity index (χ3n) is 6.07. The Labute approximate surface area is 216 Å². The number of aryl methyl sites for hydroxylation is 1. The lowest BCUT2D eigenvalue weighted by atomic mass is 10.1. The van der Waals surface area contributed by atoms with E-state index >= 15 is 0 Å². The number of hydrogen-bond acceptors (Lipinski definition) is 4. The maximum atomic E-state index is 13.3. The monoisotopic (exact) mass is 494 g/mol. The Bertz CT molecular complexity index is 1400. The van der Waals surface area contributed by atoms with Crippen molar-refractivity contribution in [2.45, 2.75) is 39.5 Å². The van der Waals surface area contributed by atoms with Gasteiger partial charge in [0.2, 0.25) is 5.78 Å². The highest BCUT2D eigenvalue weighted by Gasteiger charge is 2.27. The van der Waals surface area contributed by atoms with Gasteiger partial charge in [0.15, 0.2) is 11.4 Å². The molecule has 1 aromatic heterocycles. The van der Waals surface area contributed by atoms with Crippen molar-refractivity contribution in [3.8, 4) is 11.3 Å². The second-order valence-electron chi connectivity index (χ2n) is 9.41. The number of carboxylic acid groups (broad SMARTS) is 1. The molecule has 0 bridgehead atoms. The topological polar surface area (TPSA) is 81.4 Å². The number of benzene rings is 3. The minimum atomic E-state index is -1.24. The fourth-order valence-corrected chi connectivity index (χ4v) is 3.67. The molecule has 0 atom stereocenters. The molecule has 0 aliphatic carbocycles. The van der Waals surface area contributed by atoms with Gasteiger partial charge in [-0.1, -0.05) is 96.6 Å². The molecule has 0 radical (unpaired) electrons. The summed E-state index contributed by atoms with van der Waals surface area (Å²) >= 11 is 0. The molecule has 37 heavy (non-hydrogen) atoms. The first-order valence-electron chi connectivity index (χ1n) is 12.1. The van der Waals surface area contributed by atoms with Gasteiger partial charge in [-0.25, -0.2) is 9.78 Å². The Morgan fingerprint density at radius 1 is 0.973 bits per heavy atom. The van der Waals surface area contributed by atoms with Crippen molar-refractivity contribution in [2.75, 3.05) is 0 Å². The summed E-state index contributed by atoms with van der Waals surface area (Å²) in [7, 11) is 0. The maximum absolute atomic E-state index is 13.3. The Morgan fingerprint density at radius 3 is 2.30 bits per heavy atom. The summed E-state index contributed by atoms with van der Waals surface area (Å²) in [6.07, 6.45) is 5.88. The predicted molar refractivity (Wildman–Crippen MR) is 144 cm³/mol. The number of rotatable bonds is 10. The molecule has 0 aliphatic rings. The number of aromatic nitrogens is 2. The van der Waals surface area contributed by atoms with Crippen LogP contribution in [-0.2, 0) is 22.7 Å². The van der Waals surface area contributed by atoms with Crippen LogP contribution in [0.3, 0.4) is 0 Å². The summed E-state index contributed by atoms with van der Waals surface area (Å²) in [6.45, 7) is 5.74. The van der Waals surface area contributed by atoms with Gasteiger partial charge in [0.05, 0.1) is 12.3 Å². The summed E-state index contributed by atoms with van der Waals surface area (Å²) in [5.74, 6) is -0.729. The smallest absolute Gasteiger partial charge is 0.335 e. The normalized spacial score (nSPS) is 11.6. The first-order valence-corrected chi connectivity index (χ1v) is 12.1. The number of aliphatic carboxylic acids is 1. The van der Waals surface area contributed by atoms with Crippen LogP contribution in [0.15, 0.2) is 91.1 Å². The van der Waals surface area contributed by atoms with Crippen molar-refractivity contribution >= 4 is 17.8 Å². The van der Waals surface area contributed by atoms with Gasteiger partial charge >= 0.3 is 5.97 Å². The average Bonchev–Trinajstić information content (AvgIpc) is 3.33. The number of imidazole rings is 1. The van der Waals surface area contributed by atoms with E-state index in [1.54, 1.807) is 0 Å². The van der Waals surface area contributed by atoms with Crippen LogP contribution in [0.25, 0.3) is 17.3 Å². The van der Waals surface area contributed by atoms with Crippen LogP contribution in [-0.4, -0.2) is 32.0 Å². The van der Waals surface area contributed by atoms with E-state index in [1.807, 2.05) is 109 Å².